The summed E-state index contributed by atoms with van der Waals surface area (Å²) in [7, 11) is 0. The van der Waals surface area contributed by atoms with Gasteiger partial charge in [-0.05, 0) is 55.8 Å². The number of nitrogens with one attached hydrogen (secondary N) is 1. The highest BCUT2D eigenvalue weighted by molar-refractivity contribution is 5.19. The van der Waals surface area contributed by atoms with Crippen molar-refractivity contribution in [1.82, 2.24) is 5.32 Å². The molecule has 1 N–H and O–H groups in total. The minimum absolute atomic E-state index is 0.0143. The molecule has 0 spiro atoms. The van der Waals surface area contributed by atoms with Crippen molar-refractivity contribution >= 4 is 0 Å². The topological polar surface area (TPSA) is 12.0 Å². The molecule has 1 rings (SSSR count). The molecule has 108 valence electrons. The van der Waals surface area contributed by atoms with Gasteiger partial charge in [-0.25, -0.2) is 8.78 Å². The van der Waals surface area contributed by atoms with Crippen LogP contribution >= 0.6 is 0 Å². The lowest BCUT2D eigenvalue weighted by Crippen LogP contribution is -2.32. The van der Waals surface area contributed by atoms with Gasteiger partial charge in [-0.1, -0.05) is 20.8 Å². The highest BCUT2D eigenvalue weighted by atomic mass is 19.1. The molecule has 0 heterocycles. The second kappa shape index (κ2) is 6.99. The number of benzene rings is 1. The van der Waals surface area contributed by atoms with Crippen molar-refractivity contribution in [2.45, 2.75) is 53.0 Å². The highest BCUT2D eigenvalue weighted by Gasteiger charge is 2.22. The molecule has 0 aliphatic heterocycles. The Kier molecular flexibility index (Phi) is 5.92. The molecule has 1 aromatic rings. The summed E-state index contributed by atoms with van der Waals surface area (Å²) in [6.07, 6.45) is 2.77. The van der Waals surface area contributed by atoms with Gasteiger partial charge in [0.2, 0.25) is 0 Å². The summed E-state index contributed by atoms with van der Waals surface area (Å²) in [4.78, 5) is 0. The zero-order chi connectivity index (χ0) is 14.5. The molecule has 0 aromatic heterocycles. The second-order valence-electron chi connectivity index (χ2n) is 6.18. The molecule has 0 aliphatic carbocycles. The van der Waals surface area contributed by atoms with Crippen LogP contribution in [0, 0.1) is 17.0 Å². The Morgan fingerprint density at radius 2 is 1.74 bits per heavy atom. The van der Waals surface area contributed by atoms with Crippen molar-refractivity contribution in [3.63, 3.8) is 0 Å². The van der Waals surface area contributed by atoms with Gasteiger partial charge in [-0.15, -0.1) is 0 Å². The van der Waals surface area contributed by atoms with Gasteiger partial charge in [0.15, 0.2) is 0 Å². The van der Waals surface area contributed by atoms with Crippen LogP contribution in [0.5, 0.6) is 0 Å². The lowest BCUT2D eigenvalue weighted by molar-refractivity contribution is 0.286. The van der Waals surface area contributed by atoms with Gasteiger partial charge in [-0.3, -0.25) is 0 Å². The molecule has 0 bridgehead atoms. The van der Waals surface area contributed by atoms with Gasteiger partial charge in [0.1, 0.15) is 11.6 Å². The van der Waals surface area contributed by atoms with E-state index in [1.165, 1.54) is 12.1 Å². The Bertz CT molecular complexity index is 381. The van der Waals surface area contributed by atoms with Crippen molar-refractivity contribution < 1.29 is 8.78 Å². The third-order valence-electron chi connectivity index (χ3n) is 3.21. The molecule has 3 heteroatoms. The first-order valence-electron chi connectivity index (χ1n) is 7.01. The number of halogens is 2. The fraction of sp³-hybridized carbons (Fsp3) is 0.625. The SMILES string of the molecule is CCCNC(C)CC(C)(C)Cc1cc(F)cc(F)c1. The van der Waals surface area contributed by atoms with Crippen molar-refractivity contribution in [3.8, 4) is 0 Å². The Labute approximate surface area is 115 Å². The molecule has 0 saturated carbocycles. The number of hydrogen-bond acceptors (Lipinski definition) is 1. The molecule has 1 aromatic carbocycles. The summed E-state index contributed by atoms with van der Waals surface area (Å²) in [6, 6.07) is 4.18. The van der Waals surface area contributed by atoms with Gasteiger partial charge in [-0.2, -0.15) is 0 Å². The van der Waals surface area contributed by atoms with Crippen LogP contribution < -0.4 is 5.32 Å². The molecule has 0 radical (unpaired) electrons. The Morgan fingerprint density at radius 1 is 1.16 bits per heavy atom. The quantitative estimate of drug-likeness (QED) is 0.777. The normalized spacial score (nSPS) is 13.6. The van der Waals surface area contributed by atoms with E-state index in [1.807, 2.05) is 0 Å². The van der Waals surface area contributed by atoms with E-state index in [0.29, 0.717) is 12.5 Å². The number of hydrogen-bond donors (Lipinski definition) is 1. The number of rotatable bonds is 7. The molecule has 0 fully saturated rings. The maximum atomic E-state index is 13.2. The molecule has 19 heavy (non-hydrogen) atoms. The van der Waals surface area contributed by atoms with E-state index in [9.17, 15) is 8.78 Å². The molecule has 1 nitrogen and oxygen atoms in total. The first-order chi connectivity index (χ1) is 8.82. The van der Waals surface area contributed by atoms with Crippen molar-refractivity contribution in [3.05, 3.63) is 35.4 Å². The van der Waals surface area contributed by atoms with Crippen LogP contribution in [0.2, 0.25) is 0 Å². The van der Waals surface area contributed by atoms with Crippen LogP contribution in [0.25, 0.3) is 0 Å². The van der Waals surface area contributed by atoms with Crippen LogP contribution in [0.3, 0.4) is 0 Å². The molecule has 1 unspecified atom stereocenters. The molecule has 0 aliphatic rings. The first-order valence-corrected chi connectivity index (χ1v) is 7.01. The zero-order valence-electron chi connectivity index (χ0n) is 12.4. The maximum Gasteiger partial charge on any atom is 0.126 e. The Balaban J connectivity index is 2.62. The summed E-state index contributed by atoms with van der Waals surface area (Å²) in [6.45, 7) is 9.58. The average Bonchev–Trinajstić information content (AvgIpc) is 2.23. The maximum absolute atomic E-state index is 13.2. The van der Waals surface area contributed by atoms with Crippen LogP contribution in [0.4, 0.5) is 8.78 Å². The fourth-order valence-electron chi connectivity index (χ4n) is 2.63. The Morgan fingerprint density at radius 3 is 2.26 bits per heavy atom. The van der Waals surface area contributed by atoms with Crippen molar-refractivity contribution in [2.75, 3.05) is 6.54 Å². The molecule has 1 atom stereocenters. The van der Waals surface area contributed by atoms with E-state index in [-0.39, 0.29) is 5.41 Å². The summed E-state index contributed by atoms with van der Waals surface area (Å²) in [5, 5.41) is 3.45. The first kappa shape index (κ1) is 16.1. The minimum Gasteiger partial charge on any atom is -0.314 e. The summed E-state index contributed by atoms with van der Waals surface area (Å²) < 4.78 is 26.4. The van der Waals surface area contributed by atoms with E-state index in [0.717, 1.165) is 31.0 Å². The van der Waals surface area contributed by atoms with E-state index in [4.69, 9.17) is 0 Å². The van der Waals surface area contributed by atoms with Gasteiger partial charge in [0.05, 0.1) is 0 Å². The smallest absolute Gasteiger partial charge is 0.126 e. The summed E-state index contributed by atoms with van der Waals surface area (Å²) in [5.41, 5.74) is 0.741. The summed E-state index contributed by atoms with van der Waals surface area (Å²) in [5.74, 6) is -0.995. The van der Waals surface area contributed by atoms with E-state index >= 15 is 0 Å². The van der Waals surface area contributed by atoms with Crippen molar-refractivity contribution in [2.24, 2.45) is 5.41 Å². The predicted octanol–water partition coefficient (Wildman–Crippen LogP) is 4.31. The Hall–Kier alpha value is -0.960. The second-order valence-corrected chi connectivity index (χ2v) is 6.18. The monoisotopic (exact) mass is 269 g/mol. The third-order valence-corrected chi connectivity index (χ3v) is 3.21. The standard InChI is InChI=1S/C16H25F2N/c1-5-6-19-12(2)10-16(3,4)11-13-7-14(17)9-15(18)8-13/h7-9,12,19H,5-6,10-11H2,1-4H3. The van der Waals surface area contributed by atoms with Crippen LogP contribution in [0.15, 0.2) is 18.2 Å². The van der Waals surface area contributed by atoms with Gasteiger partial charge in [0, 0.05) is 12.1 Å². The summed E-state index contributed by atoms with van der Waals surface area (Å²) >= 11 is 0. The van der Waals surface area contributed by atoms with Crippen molar-refractivity contribution in [1.29, 1.82) is 0 Å². The van der Waals surface area contributed by atoms with Gasteiger partial charge in [0.25, 0.3) is 0 Å². The lowest BCUT2D eigenvalue weighted by Gasteiger charge is -2.29. The predicted molar refractivity (Wildman–Crippen MR) is 76.2 cm³/mol. The van der Waals surface area contributed by atoms with Gasteiger partial charge < -0.3 is 5.32 Å². The van der Waals surface area contributed by atoms with Crippen LogP contribution in [0.1, 0.15) is 46.1 Å². The average molecular weight is 269 g/mol. The van der Waals surface area contributed by atoms with Crippen LogP contribution in [-0.2, 0) is 6.42 Å². The largest absolute Gasteiger partial charge is 0.314 e. The minimum atomic E-state index is -0.497. The lowest BCUT2D eigenvalue weighted by atomic mass is 9.80. The van der Waals surface area contributed by atoms with Crippen LogP contribution in [-0.4, -0.2) is 12.6 Å². The molecule has 0 saturated heterocycles. The van der Waals surface area contributed by atoms with E-state index in [1.54, 1.807) is 0 Å². The fourth-order valence-corrected chi connectivity index (χ4v) is 2.63. The molecular formula is C16H25F2N. The van der Waals surface area contributed by atoms with E-state index in [2.05, 4.69) is 33.0 Å². The third kappa shape index (κ3) is 6.15. The molecular weight excluding hydrogens is 244 g/mol. The molecule has 0 amide bonds. The van der Waals surface area contributed by atoms with Gasteiger partial charge >= 0.3 is 0 Å². The highest BCUT2D eigenvalue weighted by Crippen LogP contribution is 2.28. The van der Waals surface area contributed by atoms with E-state index < -0.39 is 11.6 Å². The zero-order valence-corrected chi connectivity index (χ0v) is 12.4.